The molecule has 6 heteroatoms. The average molecular weight is 342 g/mol. The van der Waals surface area contributed by atoms with Crippen LogP contribution in [0.3, 0.4) is 0 Å². The predicted octanol–water partition coefficient (Wildman–Crippen LogP) is 3.12. The van der Waals surface area contributed by atoms with Gasteiger partial charge in [-0.3, -0.25) is 0 Å². The standard InChI is InChI=1S/C19H22N2O4/c1-5-23-14-8-6-13(7-9-14)17-15(10-20)18(21)25-12(4)16(17)19(22)24-11(2)3/h6-9,11,17H,5,21H2,1-4H3/t17-/m0/s1. The summed E-state index contributed by atoms with van der Waals surface area (Å²) in [6, 6.07) is 9.26. The fourth-order valence-electron chi connectivity index (χ4n) is 2.68. The first kappa shape index (κ1) is 18.4. The summed E-state index contributed by atoms with van der Waals surface area (Å²) in [4.78, 5) is 12.6. The van der Waals surface area contributed by atoms with E-state index in [-0.39, 0.29) is 23.1 Å². The van der Waals surface area contributed by atoms with Crippen molar-refractivity contribution in [1.29, 1.82) is 5.26 Å². The predicted molar refractivity (Wildman–Crippen MR) is 92.2 cm³/mol. The van der Waals surface area contributed by atoms with Gasteiger partial charge in [-0.2, -0.15) is 5.26 Å². The van der Waals surface area contributed by atoms with E-state index in [0.717, 1.165) is 5.56 Å². The third-order valence-corrected chi connectivity index (χ3v) is 3.69. The largest absolute Gasteiger partial charge is 0.494 e. The first-order chi connectivity index (χ1) is 11.9. The third kappa shape index (κ3) is 3.94. The van der Waals surface area contributed by atoms with Crippen LogP contribution in [0.2, 0.25) is 0 Å². The molecular weight excluding hydrogens is 320 g/mol. The molecule has 132 valence electrons. The first-order valence-corrected chi connectivity index (χ1v) is 8.11. The molecule has 0 saturated carbocycles. The van der Waals surface area contributed by atoms with Gasteiger partial charge in [0, 0.05) is 0 Å². The Kier molecular flexibility index (Phi) is 5.71. The summed E-state index contributed by atoms with van der Waals surface area (Å²) in [6.07, 6.45) is -0.289. The van der Waals surface area contributed by atoms with Crippen LogP contribution in [0.25, 0.3) is 0 Å². The number of rotatable bonds is 5. The first-order valence-electron chi connectivity index (χ1n) is 8.11. The summed E-state index contributed by atoms with van der Waals surface area (Å²) in [6.45, 7) is 7.62. The highest BCUT2D eigenvalue weighted by molar-refractivity contribution is 5.92. The van der Waals surface area contributed by atoms with Gasteiger partial charge in [-0.05, 0) is 45.4 Å². The normalized spacial score (nSPS) is 17.2. The van der Waals surface area contributed by atoms with Gasteiger partial charge >= 0.3 is 5.97 Å². The van der Waals surface area contributed by atoms with Gasteiger partial charge in [0.1, 0.15) is 23.2 Å². The van der Waals surface area contributed by atoms with E-state index in [1.807, 2.05) is 19.1 Å². The van der Waals surface area contributed by atoms with Crippen LogP contribution >= 0.6 is 0 Å². The Bertz CT molecular complexity index is 755. The van der Waals surface area contributed by atoms with Crippen LogP contribution in [-0.4, -0.2) is 18.7 Å². The number of esters is 1. The van der Waals surface area contributed by atoms with Crippen molar-refractivity contribution in [1.82, 2.24) is 0 Å². The van der Waals surface area contributed by atoms with E-state index >= 15 is 0 Å². The molecule has 0 radical (unpaired) electrons. The van der Waals surface area contributed by atoms with Crippen LogP contribution in [0.4, 0.5) is 0 Å². The molecule has 0 spiro atoms. The van der Waals surface area contributed by atoms with E-state index < -0.39 is 11.9 Å². The van der Waals surface area contributed by atoms with Gasteiger partial charge in [-0.25, -0.2) is 4.79 Å². The lowest BCUT2D eigenvalue weighted by Crippen LogP contribution is -2.26. The van der Waals surface area contributed by atoms with Gasteiger partial charge in [-0.15, -0.1) is 0 Å². The Morgan fingerprint density at radius 1 is 1.36 bits per heavy atom. The number of carbonyl (C=O) groups is 1. The lowest BCUT2D eigenvalue weighted by molar-refractivity contribution is -0.143. The SMILES string of the molecule is CCOc1ccc([C@H]2C(C#N)=C(N)OC(C)=C2C(=O)OC(C)C)cc1. The van der Waals surface area contributed by atoms with E-state index in [0.29, 0.717) is 18.1 Å². The van der Waals surface area contributed by atoms with Crippen molar-refractivity contribution in [3.8, 4) is 11.8 Å². The monoisotopic (exact) mass is 342 g/mol. The van der Waals surface area contributed by atoms with Crippen LogP contribution in [0.15, 0.2) is 47.1 Å². The maximum absolute atomic E-state index is 12.6. The van der Waals surface area contributed by atoms with Crippen molar-refractivity contribution in [2.45, 2.75) is 39.7 Å². The number of carbonyl (C=O) groups excluding carboxylic acids is 1. The van der Waals surface area contributed by atoms with E-state index in [4.69, 9.17) is 19.9 Å². The fourth-order valence-corrected chi connectivity index (χ4v) is 2.68. The highest BCUT2D eigenvalue weighted by Crippen LogP contribution is 2.40. The molecule has 1 aromatic rings. The lowest BCUT2D eigenvalue weighted by atomic mass is 9.83. The van der Waals surface area contributed by atoms with Crippen LogP contribution in [0.5, 0.6) is 5.75 Å². The van der Waals surface area contributed by atoms with E-state index in [9.17, 15) is 10.1 Å². The Morgan fingerprint density at radius 2 is 2.00 bits per heavy atom. The minimum absolute atomic E-state index is 0.0000170. The number of ether oxygens (including phenoxy) is 3. The molecule has 1 aliphatic rings. The maximum Gasteiger partial charge on any atom is 0.338 e. The molecule has 0 saturated heterocycles. The fraction of sp³-hybridized carbons (Fsp3) is 0.368. The van der Waals surface area contributed by atoms with Gasteiger partial charge in [0.15, 0.2) is 0 Å². The van der Waals surface area contributed by atoms with Crippen molar-refractivity contribution in [2.24, 2.45) is 5.73 Å². The van der Waals surface area contributed by atoms with Crippen LogP contribution in [0.1, 0.15) is 39.2 Å². The second-order valence-corrected chi connectivity index (χ2v) is 5.85. The topological polar surface area (TPSA) is 94.6 Å². The molecule has 0 aliphatic carbocycles. The van der Waals surface area contributed by atoms with Crippen molar-refractivity contribution < 1.29 is 19.0 Å². The number of nitrogens with zero attached hydrogens (tertiary/aromatic N) is 1. The summed E-state index contributed by atoms with van der Waals surface area (Å²) in [5, 5.41) is 9.53. The zero-order valence-electron chi connectivity index (χ0n) is 14.8. The van der Waals surface area contributed by atoms with Crippen LogP contribution < -0.4 is 10.5 Å². The van der Waals surface area contributed by atoms with Crippen molar-refractivity contribution in [2.75, 3.05) is 6.61 Å². The Hall–Kier alpha value is -2.94. The lowest BCUT2D eigenvalue weighted by Gasteiger charge is -2.27. The van der Waals surface area contributed by atoms with E-state index in [1.165, 1.54) is 0 Å². The molecule has 2 rings (SSSR count). The molecule has 1 heterocycles. The van der Waals surface area contributed by atoms with E-state index in [1.54, 1.807) is 32.9 Å². The number of hydrogen-bond donors (Lipinski definition) is 1. The smallest absolute Gasteiger partial charge is 0.338 e. The highest BCUT2D eigenvalue weighted by atomic mass is 16.5. The average Bonchev–Trinajstić information content (AvgIpc) is 2.54. The second kappa shape index (κ2) is 7.75. The summed E-state index contributed by atoms with van der Waals surface area (Å²) in [7, 11) is 0. The van der Waals surface area contributed by atoms with Crippen LogP contribution in [-0.2, 0) is 14.3 Å². The zero-order chi connectivity index (χ0) is 18.6. The second-order valence-electron chi connectivity index (χ2n) is 5.85. The molecule has 1 aromatic carbocycles. The molecule has 1 atom stereocenters. The quantitative estimate of drug-likeness (QED) is 0.826. The number of allylic oxidation sites excluding steroid dienone is 2. The molecule has 0 bridgehead atoms. The molecule has 6 nitrogen and oxygen atoms in total. The number of nitrogens with two attached hydrogens (primary N) is 1. The minimum Gasteiger partial charge on any atom is -0.494 e. The van der Waals surface area contributed by atoms with Gasteiger partial charge in [0.25, 0.3) is 0 Å². The molecule has 0 amide bonds. The van der Waals surface area contributed by atoms with Crippen molar-refractivity contribution >= 4 is 5.97 Å². The minimum atomic E-state index is -0.638. The molecule has 2 N–H and O–H groups in total. The molecule has 1 aliphatic heterocycles. The summed E-state index contributed by atoms with van der Waals surface area (Å²) >= 11 is 0. The van der Waals surface area contributed by atoms with Gasteiger partial charge in [0.05, 0.1) is 24.2 Å². The Balaban J connectivity index is 2.51. The summed E-state index contributed by atoms with van der Waals surface area (Å²) in [5.74, 6) is -0.117. The van der Waals surface area contributed by atoms with Gasteiger partial charge < -0.3 is 19.9 Å². The molecule has 0 aromatic heterocycles. The summed E-state index contributed by atoms with van der Waals surface area (Å²) < 4.78 is 16.2. The molecule has 25 heavy (non-hydrogen) atoms. The third-order valence-electron chi connectivity index (χ3n) is 3.69. The van der Waals surface area contributed by atoms with Gasteiger partial charge in [-0.1, -0.05) is 12.1 Å². The molecule has 0 unspecified atom stereocenters. The summed E-state index contributed by atoms with van der Waals surface area (Å²) in [5.41, 5.74) is 7.08. The maximum atomic E-state index is 12.6. The van der Waals surface area contributed by atoms with Crippen molar-refractivity contribution in [3.05, 3.63) is 52.6 Å². The van der Waals surface area contributed by atoms with Crippen LogP contribution in [0, 0.1) is 11.3 Å². The highest BCUT2D eigenvalue weighted by Gasteiger charge is 2.36. The molecular formula is C19H22N2O4. The van der Waals surface area contributed by atoms with Gasteiger partial charge in [0.2, 0.25) is 5.88 Å². The number of nitriles is 1. The Labute approximate surface area is 147 Å². The van der Waals surface area contributed by atoms with Crippen molar-refractivity contribution in [3.63, 3.8) is 0 Å². The number of hydrogen-bond acceptors (Lipinski definition) is 6. The zero-order valence-corrected chi connectivity index (χ0v) is 14.8. The number of benzene rings is 1. The molecule has 0 fully saturated rings. The Morgan fingerprint density at radius 3 is 2.52 bits per heavy atom. The van der Waals surface area contributed by atoms with E-state index in [2.05, 4.69) is 6.07 Å².